The highest BCUT2D eigenvalue weighted by atomic mass is 35.5. The third-order valence-electron chi connectivity index (χ3n) is 1.26. The number of hydrazone groups is 1. The van der Waals surface area contributed by atoms with Crippen molar-refractivity contribution in [2.45, 2.75) is 6.92 Å². The van der Waals surface area contributed by atoms with Gasteiger partial charge in [-0.25, -0.2) is 10.1 Å². The average molecular weight is 148 g/mol. The van der Waals surface area contributed by atoms with E-state index in [2.05, 4.69) is 5.10 Å². The number of hydrogen-bond donors (Lipinski definition) is 0. The van der Waals surface area contributed by atoms with E-state index in [-0.39, 0.29) is 0 Å². The largest absolute Gasteiger partial charge is 0.226 e. The molecule has 4 heteroatoms. The predicted octanol–water partition coefficient (Wildman–Crippen LogP) is 0.721. The summed E-state index contributed by atoms with van der Waals surface area (Å²) in [4.78, 5) is 0. The standard InChI is InChI=1S/C5H10ClN3/c1-3-9-7-5(6)4-8(9)2/h3-4H2,1-2H3. The summed E-state index contributed by atoms with van der Waals surface area (Å²) in [5, 5.41) is 8.51. The molecule has 52 valence electrons. The number of halogens is 1. The molecule has 0 saturated carbocycles. The fourth-order valence-corrected chi connectivity index (χ4v) is 1.08. The van der Waals surface area contributed by atoms with Crippen LogP contribution < -0.4 is 0 Å². The van der Waals surface area contributed by atoms with E-state index in [4.69, 9.17) is 11.6 Å². The Kier molecular flexibility index (Phi) is 1.93. The van der Waals surface area contributed by atoms with Gasteiger partial charge in [-0.05, 0) is 6.92 Å². The lowest BCUT2D eigenvalue weighted by molar-refractivity contribution is 0.0427. The zero-order chi connectivity index (χ0) is 6.85. The van der Waals surface area contributed by atoms with Crippen molar-refractivity contribution in [1.82, 2.24) is 10.1 Å². The van der Waals surface area contributed by atoms with Gasteiger partial charge in [0.2, 0.25) is 0 Å². The predicted molar refractivity (Wildman–Crippen MR) is 38.3 cm³/mol. The number of rotatable bonds is 1. The van der Waals surface area contributed by atoms with E-state index in [0.717, 1.165) is 13.1 Å². The summed E-state index contributed by atoms with van der Waals surface area (Å²) in [6.45, 7) is 3.66. The van der Waals surface area contributed by atoms with E-state index in [0.29, 0.717) is 5.17 Å². The SMILES string of the molecule is CCN1N=C(Cl)CN1C. The van der Waals surface area contributed by atoms with Crippen LogP contribution in [0, 0.1) is 0 Å². The fourth-order valence-electron chi connectivity index (χ4n) is 0.816. The summed E-state index contributed by atoms with van der Waals surface area (Å²) in [6, 6.07) is 0. The molecule has 0 aromatic rings. The molecular formula is C5H10ClN3. The molecule has 0 radical (unpaired) electrons. The zero-order valence-corrected chi connectivity index (χ0v) is 6.39. The number of hydrogen-bond acceptors (Lipinski definition) is 3. The summed E-state index contributed by atoms with van der Waals surface area (Å²) in [6.07, 6.45) is 0. The Balaban J connectivity index is 2.53. The molecule has 0 unspecified atom stereocenters. The first-order valence-corrected chi connectivity index (χ1v) is 3.33. The van der Waals surface area contributed by atoms with Crippen LogP contribution in [0.15, 0.2) is 5.10 Å². The molecule has 0 aromatic carbocycles. The second kappa shape index (κ2) is 2.54. The van der Waals surface area contributed by atoms with Crippen molar-refractivity contribution < 1.29 is 0 Å². The number of hydrazine groups is 1. The van der Waals surface area contributed by atoms with Crippen molar-refractivity contribution >= 4 is 16.8 Å². The van der Waals surface area contributed by atoms with Crippen LogP contribution in [0.25, 0.3) is 0 Å². The summed E-state index contributed by atoms with van der Waals surface area (Å²) < 4.78 is 0. The van der Waals surface area contributed by atoms with Gasteiger partial charge >= 0.3 is 0 Å². The lowest BCUT2D eigenvalue weighted by Crippen LogP contribution is -2.31. The summed E-state index contributed by atoms with van der Waals surface area (Å²) in [5.74, 6) is 0. The molecule has 9 heavy (non-hydrogen) atoms. The maximum absolute atomic E-state index is 5.65. The van der Waals surface area contributed by atoms with Gasteiger partial charge in [0.1, 0.15) is 5.17 Å². The first-order valence-electron chi connectivity index (χ1n) is 2.95. The van der Waals surface area contributed by atoms with Crippen molar-refractivity contribution in [1.29, 1.82) is 0 Å². The molecular weight excluding hydrogens is 138 g/mol. The van der Waals surface area contributed by atoms with Crippen LogP contribution >= 0.6 is 11.6 Å². The topological polar surface area (TPSA) is 18.8 Å². The molecule has 0 atom stereocenters. The minimum absolute atomic E-state index is 0.666. The quantitative estimate of drug-likeness (QED) is 0.545. The highest BCUT2D eigenvalue weighted by Gasteiger charge is 2.15. The molecule has 0 bridgehead atoms. The Labute approximate surface area is 59.9 Å². The molecule has 0 aliphatic carbocycles. The Morgan fingerprint density at radius 1 is 1.78 bits per heavy atom. The summed E-state index contributed by atoms with van der Waals surface area (Å²) in [7, 11) is 1.96. The molecule has 0 fully saturated rings. The highest BCUT2D eigenvalue weighted by molar-refractivity contribution is 6.66. The van der Waals surface area contributed by atoms with Crippen molar-refractivity contribution in [2.75, 3.05) is 20.1 Å². The van der Waals surface area contributed by atoms with Crippen LogP contribution in [-0.4, -0.2) is 35.4 Å². The van der Waals surface area contributed by atoms with Crippen LogP contribution in [0.5, 0.6) is 0 Å². The Bertz CT molecular complexity index is 134. The minimum Gasteiger partial charge on any atom is -0.226 e. The molecule has 1 rings (SSSR count). The van der Waals surface area contributed by atoms with E-state index < -0.39 is 0 Å². The molecule has 0 amide bonds. The third kappa shape index (κ3) is 1.34. The van der Waals surface area contributed by atoms with Crippen LogP contribution in [0.2, 0.25) is 0 Å². The second-order valence-electron chi connectivity index (χ2n) is 1.98. The van der Waals surface area contributed by atoms with E-state index in [1.807, 2.05) is 24.1 Å². The van der Waals surface area contributed by atoms with Gasteiger partial charge in [0.25, 0.3) is 0 Å². The van der Waals surface area contributed by atoms with Gasteiger partial charge in [0, 0.05) is 7.05 Å². The van der Waals surface area contributed by atoms with Crippen molar-refractivity contribution in [3.05, 3.63) is 0 Å². The fraction of sp³-hybridized carbons (Fsp3) is 0.800. The Hall–Kier alpha value is -0.280. The monoisotopic (exact) mass is 147 g/mol. The third-order valence-corrected chi connectivity index (χ3v) is 1.46. The molecule has 1 aliphatic heterocycles. The molecule has 0 spiro atoms. The van der Waals surface area contributed by atoms with Gasteiger partial charge < -0.3 is 0 Å². The molecule has 0 saturated heterocycles. The van der Waals surface area contributed by atoms with Crippen molar-refractivity contribution in [3.8, 4) is 0 Å². The van der Waals surface area contributed by atoms with Crippen molar-refractivity contribution in [3.63, 3.8) is 0 Å². The molecule has 0 aromatic heterocycles. The maximum Gasteiger partial charge on any atom is 0.143 e. The van der Waals surface area contributed by atoms with Gasteiger partial charge in [-0.15, -0.1) is 0 Å². The normalized spacial score (nSPS) is 20.8. The maximum atomic E-state index is 5.65. The van der Waals surface area contributed by atoms with E-state index >= 15 is 0 Å². The smallest absolute Gasteiger partial charge is 0.143 e. The van der Waals surface area contributed by atoms with Crippen LogP contribution in [0.3, 0.4) is 0 Å². The van der Waals surface area contributed by atoms with Gasteiger partial charge in [-0.3, -0.25) is 0 Å². The lowest BCUT2D eigenvalue weighted by Gasteiger charge is -2.19. The first kappa shape index (κ1) is 6.83. The van der Waals surface area contributed by atoms with E-state index in [1.54, 1.807) is 0 Å². The average Bonchev–Trinajstić information content (AvgIpc) is 2.10. The molecule has 3 nitrogen and oxygen atoms in total. The highest BCUT2D eigenvalue weighted by Crippen LogP contribution is 2.06. The van der Waals surface area contributed by atoms with Crippen LogP contribution in [0.1, 0.15) is 6.92 Å². The molecule has 1 heterocycles. The van der Waals surface area contributed by atoms with Gasteiger partial charge in [-0.2, -0.15) is 5.10 Å². The van der Waals surface area contributed by atoms with Crippen molar-refractivity contribution in [2.24, 2.45) is 5.10 Å². The minimum atomic E-state index is 0.666. The van der Waals surface area contributed by atoms with Gasteiger partial charge in [-0.1, -0.05) is 11.6 Å². The van der Waals surface area contributed by atoms with Gasteiger partial charge in [0.15, 0.2) is 0 Å². The Morgan fingerprint density at radius 3 is 2.67 bits per heavy atom. The summed E-state index contributed by atoms with van der Waals surface area (Å²) >= 11 is 5.65. The Morgan fingerprint density at radius 2 is 2.44 bits per heavy atom. The molecule has 0 N–H and O–H groups in total. The van der Waals surface area contributed by atoms with Crippen LogP contribution in [-0.2, 0) is 0 Å². The van der Waals surface area contributed by atoms with E-state index in [9.17, 15) is 0 Å². The lowest BCUT2D eigenvalue weighted by atomic mass is 10.7. The van der Waals surface area contributed by atoms with Crippen LogP contribution in [0.4, 0.5) is 0 Å². The number of nitrogens with zero attached hydrogens (tertiary/aromatic N) is 3. The van der Waals surface area contributed by atoms with Gasteiger partial charge in [0.05, 0.1) is 13.1 Å². The van der Waals surface area contributed by atoms with E-state index in [1.165, 1.54) is 0 Å². The second-order valence-corrected chi connectivity index (χ2v) is 2.42. The summed E-state index contributed by atoms with van der Waals surface area (Å²) in [5.41, 5.74) is 0. The zero-order valence-electron chi connectivity index (χ0n) is 5.63. The first-order chi connectivity index (χ1) is 4.24. The molecule has 1 aliphatic rings.